The van der Waals surface area contributed by atoms with E-state index in [4.69, 9.17) is 0 Å². The van der Waals surface area contributed by atoms with Gasteiger partial charge in [-0.15, -0.1) is 0 Å². The molecule has 0 aromatic rings. The molecule has 1 spiro atoms. The van der Waals surface area contributed by atoms with Crippen molar-refractivity contribution in [2.45, 2.75) is 44.9 Å². The molecule has 0 bridgehead atoms. The molecule has 0 nitrogen and oxygen atoms in total. The fourth-order valence-electron chi connectivity index (χ4n) is 2.52. The third kappa shape index (κ3) is 0.902. The van der Waals surface area contributed by atoms with E-state index in [0.717, 1.165) is 5.41 Å². The highest BCUT2D eigenvalue weighted by Gasteiger charge is 2.38. The van der Waals surface area contributed by atoms with E-state index in [0.29, 0.717) is 0 Å². The van der Waals surface area contributed by atoms with Crippen LogP contribution in [0.15, 0.2) is 12.2 Å². The lowest BCUT2D eigenvalue weighted by Gasteiger charge is -2.45. The van der Waals surface area contributed by atoms with Crippen LogP contribution in [0.5, 0.6) is 0 Å². The minimum atomic E-state index is 0.773. The Hall–Kier alpha value is -0.260. The van der Waals surface area contributed by atoms with Gasteiger partial charge in [-0.25, -0.2) is 0 Å². The van der Waals surface area contributed by atoms with Gasteiger partial charge in [0.25, 0.3) is 0 Å². The van der Waals surface area contributed by atoms with E-state index in [-0.39, 0.29) is 0 Å². The van der Waals surface area contributed by atoms with Crippen LogP contribution in [0.2, 0.25) is 0 Å². The summed E-state index contributed by atoms with van der Waals surface area (Å²) in [4.78, 5) is 0. The topological polar surface area (TPSA) is 0 Å². The molecule has 0 N–H and O–H groups in total. The van der Waals surface area contributed by atoms with Crippen LogP contribution >= 0.6 is 0 Å². The van der Waals surface area contributed by atoms with E-state index in [1.807, 2.05) is 0 Å². The van der Waals surface area contributed by atoms with Crippen molar-refractivity contribution in [2.75, 3.05) is 0 Å². The van der Waals surface area contributed by atoms with E-state index in [2.05, 4.69) is 6.58 Å². The second-order valence-corrected chi connectivity index (χ2v) is 4.13. The quantitative estimate of drug-likeness (QED) is 0.448. The number of hydrogen-bond acceptors (Lipinski definition) is 0. The molecule has 0 heterocycles. The lowest BCUT2D eigenvalue weighted by Crippen LogP contribution is -2.31. The van der Waals surface area contributed by atoms with Crippen LogP contribution in [-0.2, 0) is 0 Å². The van der Waals surface area contributed by atoms with Crippen molar-refractivity contribution in [2.24, 2.45) is 5.41 Å². The third-order valence-corrected chi connectivity index (χ3v) is 3.28. The van der Waals surface area contributed by atoms with Crippen molar-refractivity contribution >= 4 is 0 Å². The van der Waals surface area contributed by atoms with E-state index in [1.54, 1.807) is 0 Å². The summed E-state index contributed by atoms with van der Waals surface area (Å²) in [6.45, 7) is 4.09. The molecule has 2 fully saturated rings. The monoisotopic (exact) mass is 136 g/mol. The Balaban J connectivity index is 2.02. The maximum atomic E-state index is 4.09. The molecule has 2 aliphatic carbocycles. The zero-order valence-corrected chi connectivity index (χ0v) is 6.66. The molecule has 0 radical (unpaired) electrons. The average molecular weight is 136 g/mol. The van der Waals surface area contributed by atoms with Gasteiger partial charge < -0.3 is 0 Å². The highest BCUT2D eigenvalue weighted by Crippen LogP contribution is 2.52. The normalized spacial score (nSPS) is 30.2. The van der Waals surface area contributed by atoms with Crippen molar-refractivity contribution in [3.05, 3.63) is 12.2 Å². The zero-order valence-electron chi connectivity index (χ0n) is 6.66. The van der Waals surface area contributed by atoms with Crippen molar-refractivity contribution in [1.29, 1.82) is 0 Å². The molecule has 0 amide bonds. The Labute approximate surface area is 63.3 Å². The molecule has 0 aromatic carbocycles. The summed E-state index contributed by atoms with van der Waals surface area (Å²) in [5.41, 5.74) is 2.29. The number of rotatable bonds is 0. The fourth-order valence-corrected chi connectivity index (χ4v) is 2.52. The first kappa shape index (κ1) is 6.45. The second-order valence-electron chi connectivity index (χ2n) is 4.13. The first-order chi connectivity index (χ1) is 4.81. The SMILES string of the molecule is C=C1CCCC2(CCC2)C1. The van der Waals surface area contributed by atoms with Crippen LogP contribution in [0.25, 0.3) is 0 Å². The van der Waals surface area contributed by atoms with Gasteiger partial charge in [-0.2, -0.15) is 0 Å². The smallest absolute Gasteiger partial charge is 0.0260 e. The van der Waals surface area contributed by atoms with Gasteiger partial charge in [0.1, 0.15) is 0 Å². The molecule has 0 unspecified atom stereocenters. The van der Waals surface area contributed by atoms with Crippen molar-refractivity contribution in [3.63, 3.8) is 0 Å². The Morgan fingerprint density at radius 1 is 1.10 bits per heavy atom. The molecule has 0 atom stereocenters. The molecular weight excluding hydrogens is 120 g/mol. The summed E-state index contributed by atoms with van der Waals surface area (Å²) in [6, 6.07) is 0. The Morgan fingerprint density at radius 2 is 1.80 bits per heavy atom. The summed E-state index contributed by atoms with van der Waals surface area (Å²) in [6.07, 6.45) is 10.0. The number of hydrogen-bond donors (Lipinski definition) is 0. The van der Waals surface area contributed by atoms with E-state index in [1.165, 1.54) is 50.5 Å². The molecule has 2 saturated carbocycles. The fraction of sp³-hybridized carbons (Fsp3) is 0.800. The maximum absolute atomic E-state index is 4.09. The predicted molar refractivity (Wildman–Crippen MR) is 43.9 cm³/mol. The predicted octanol–water partition coefficient (Wildman–Crippen LogP) is 3.29. The second kappa shape index (κ2) is 2.11. The lowest BCUT2D eigenvalue weighted by atomic mass is 9.60. The van der Waals surface area contributed by atoms with Gasteiger partial charge in [0.2, 0.25) is 0 Å². The van der Waals surface area contributed by atoms with Crippen LogP contribution in [0, 0.1) is 5.41 Å². The molecule has 0 saturated heterocycles. The molecular formula is C10H16. The molecule has 0 heteroatoms. The zero-order chi connectivity index (χ0) is 7.03. The summed E-state index contributed by atoms with van der Waals surface area (Å²) in [5, 5.41) is 0. The van der Waals surface area contributed by atoms with Crippen molar-refractivity contribution < 1.29 is 0 Å². The number of allylic oxidation sites excluding steroid dienone is 1. The van der Waals surface area contributed by atoms with Crippen LogP contribution in [0.1, 0.15) is 44.9 Å². The molecule has 10 heavy (non-hydrogen) atoms. The van der Waals surface area contributed by atoms with E-state index in [9.17, 15) is 0 Å². The highest BCUT2D eigenvalue weighted by atomic mass is 14.4. The van der Waals surface area contributed by atoms with Gasteiger partial charge in [0.15, 0.2) is 0 Å². The van der Waals surface area contributed by atoms with Crippen molar-refractivity contribution in [3.8, 4) is 0 Å². The summed E-state index contributed by atoms with van der Waals surface area (Å²) in [7, 11) is 0. The minimum absolute atomic E-state index is 0.773. The Kier molecular flexibility index (Phi) is 1.36. The molecule has 0 aliphatic heterocycles. The summed E-state index contributed by atoms with van der Waals surface area (Å²) in [5.74, 6) is 0. The summed E-state index contributed by atoms with van der Waals surface area (Å²) < 4.78 is 0. The average Bonchev–Trinajstić information content (AvgIpc) is 1.85. The van der Waals surface area contributed by atoms with Gasteiger partial charge in [0.05, 0.1) is 0 Å². The molecule has 2 rings (SSSR count). The highest BCUT2D eigenvalue weighted by molar-refractivity contribution is 5.07. The van der Waals surface area contributed by atoms with Crippen LogP contribution < -0.4 is 0 Å². The van der Waals surface area contributed by atoms with Gasteiger partial charge in [-0.3, -0.25) is 0 Å². The summed E-state index contributed by atoms with van der Waals surface area (Å²) >= 11 is 0. The van der Waals surface area contributed by atoms with Gasteiger partial charge >= 0.3 is 0 Å². The van der Waals surface area contributed by atoms with Crippen molar-refractivity contribution in [1.82, 2.24) is 0 Å². The van der Waals surface area contributed by atoms with Gasteiger partial charge in [0, 0.05) is 0 Å². The van der Waals surface area contributed by atoms with Crippen LogP contribution in [-0.4, -0.2) is 0 Å². The first-order valence-electron chi connectivity index (χ1n) is 4.47. The van der Waals surface area contributed by atoms with Gasteiger partial charge in [-0.05, 0) is 43.9 Å². The van der Waals surface area contributed by atoms with E-state index >= 15 is 0 Å². The third-order valence-electron chi connectivity index (χ3n) is 3.28. The standard InChI is InChI=1S/C10H16/c1-9-4-2-5-10(8-9)6-3-7-10/h1-8H2. The molecule has 2 aliphatic rings. The largest absolute Gasteiger partial charge is 0.0998 e. The van der Waals surface area contributed by atoms with E-state index < -0.39 is 0 Å². The Bertz CT molecular complexity index is 151. The first-order valence-corrected chi connectivity index (χ1v) is 4.47. The van der Waals surface area contributed by atoms with Gasteiger partial charge in [-0.1, -0.05) is 18.6 Å². The molecule has 56 valence electrons. The van der Waals surface area contributed by atoms with Crippen LogP contribution in [0.3, 0.4) is 0 Å². The molecule has 0 aromatic heterocycles. The Morgan fingerprint density at radius 3 is 2.20 bits per heavy atom. The minimum Gasteiger partial charge on any atom is -0.0998 e. The maximum Gasteiger partial charge on any atom is -0.0260 e. The lowest BCUT2D eigenvalue weighted by molar-refractivity contribution is 0.101. The van der Waals surface area contributed by atoms with Crippen LogP contribution in [0.4, 0.5) is 0 Å².